The van der Waals surface area contributed by atoms with Crippen LogP contribution < -0.4 is 10.2 Å². The lowest BCUT2D eigenvalue weighted by Gasteiger charge is -2.19. The molecule has 0 aliphatic heterocycles. The monoisotopic (exact) mass is 387 g/mol. The van der Waals surface area contributed by atoms with E-state index >= 15 is 0 Å². The lowest BCUT2D eigenvalue weighted by Crippen LogP contribution is -2.25. The first kappa shape index (κ1) is 20.3. The third kappa shape index (κ3) is 4.88. The lowest BCUT2D eigenvalue weighted by atomic mass is 10.0. The van der Waals surface area contributed by atoms with Gasteiger partial charge in [0.25, 0.3) is 5.91 Å². The van der Waals surface area contributed by atoms with E-state index in [4.69, 9.17) is 0 Å². The summed E-state index contributed by atoms with van der Waals surface area (Å²) in [4.78, 5) is 30.0. The molecule has 1 aromatic heterocycles. The van der Waals surface area contributed by atoms with Crippen molar-refractivity contribution >= 4 is 17.5 Å². The number of benzene rings is 2. The van der Waals surface area contributed by atoms with Crippen LogP contribution in [0.5, 0.6) is 0 Å². The summed E-state index contributed by atoms with van der Waals surface area (Å²) in [5.41, 5.74) is 5.58. The Morgan fingerprint density at radius 1 is 1.03 bits per heavy atom. The Morgan fingerprint density at radius 3 is 2.38 bits per heavy atom. The van der Waals surface area contributed by atoms with Gasteiger partial charge in [0.1, 0.15) is 0 Å². The molecule has 3 rings (SSSR count). The molecule has 0 aliphatic carbocycles. The van der Waals surface area contributed by atoms with Crippen LogP contribution in [0.1, 0.15) is 34.8 Å². The minimum Gasteiger partial charge on any atom is -0.348 e. The van der Waals surface area contributed by atoms with Crippen molar-refractivity contribution in [2.45, 2.75) is 26.8 Å². The van der Waals surface area contributed by atoms with Gasteiger partial charge in [-0.3, -0.25) is 14.6 Å². The number of nitrogens with one attached hydrogen (secondary N) is 1. The molecule has 0 fully saturated rings. The molecule has 2 amide bonds. The summed E-state index contributed by atoms with van der Waals surface area (Å²) in [6, 6.07) is 17.3. The number of anilines is 1. The van der Waals surface area contributed by atoms with Gasteiger partial charge in [-0.15, -0.1) is 0 Å². The van der Waals surface area contributed by atoms with Crippen molar-refractivity contribution in [3.63, 3.8) is 0 Å². The largest absolute Gasteiger partial charge is 0.348 e. The van der Waals surface area contributed by atoms with Crippen molar-refractivity contribution in [3.8, 4) is 11.1 Å². The first-order valence-electron chi connectivity index (χ1n) is 9.64. The topological polar surface area (TPSA) is 62.3 Å². The van der Waals surface area contributed by atoms with E-state index < -0.39 is 0 Å². The summed E-state index contributed by atoms with van der Waals surface area (Å²) < 4.78 is 0. The smallest absolute Gasteiger partial charge is 0.251 e. The number of rotatable bonds is 6. The van der Waals surface area contributed by atoms with Crippen LogP contribution in [0.15, 0.2) is 67.0 Å². The van der Waals surface area contributed by atoms with Crippen molar-refractivity contribution in [2.24, 2.45) is 0 Å². The third-order valence-electron chi connectivity index (χ3n) is 4.89. The van der Waals surface area contributed by atoms with Gasteiger partial charge >= 0.3 is 0 Å². The quantitative estimate of drug-likeness (QED) is 0.684. The fourth-order valence-corrected chi connectivity index (χ4v) is 3.18. The standard InChI is InChI=1S/C24H25N3O2/c1-4-23(28)27(3)22-12-11-21(14-17(22)2)19-7-9-20(10-8-19)24(29)26-16-18-6-5-13-25-15-18/h5-15H,4,16H2,1-3H3,(H,26,29). The van der Waals surface area contributed by atoms with E-state index in [1.165, 1.54) is 0 Å². The summed E-state index contributed by atoms with van der Waals surface area (Å²) in [7, 11) is 1.80. The van der Waals surface area contributed by atoms with Gasteiger partial charge in [0, 0.05) is 43.7 Å². The molecule has 0 saturated heterocycles. The maximum Gasteiger partial charge on any atom is 0.251 e. The molecule has 2 aromatic carbocycles. The molecule has 5 heteroatoms. The van der Waals surface area contributed by atoms with Crippen LogP contribution in [0.4, 0.5) is 5.69 Å². The molecule has 3 aromatic rings. The minimum absolute atomic E-state index is 0.0856. The van der Waals surface area contributed by atoms with Crippen LogP contribution in [-0.2, 0) is 11.3 Å². The van der Waals surface area contributed by atoms with Gasteiger partial charge in [-0.25, -0.2) is 0 Å². The molecule has 148 valence electrons. The first-order valence-corrected chi connectivity index (χ1v) is 9.64. The molecular weight excluding hydrogens is 362 g/mol. The van der Waals surface area contributed by atoms with E-state index in [1.807, 2.05) is 62.4 Å². The average Bonchev–Trinajstić information content (AvgIpc) is 2.77. The zero-order valence-corrected chi connectivity index (χ0v) is 17.0. The molecule has 0 unspecified atom stereocenters. The van der Waals surface area contributed by atoms with Gasteiger partial charge in [0.2, 0.25) is 5.91 Å². The number of carbonyl (C=O) groups excluding carboxylic acids is 2. The van der Waals surface area contributed by atoms with Crippen LogP contribution in [0.2, 0.25) is 0 Å². The molecule has 0 atom stereocenters. The van der Waals surface area contributed by atoms with E-state index in [0.29, 0.717) is 18.5 Å². The fraction of sp³-hybridized carbons (Fsp3) is 0.208. The SMILES string of the molecule is CCC(=O)N(C)c1ccc(-c2ccc(C(=O)NCc3cccnc3)cc2)cc1C. The minimum atomic E-state index is -0.119. The summed E-state index contributed by atoms with van der Waals surface area (Å²) >= 11 is 0. The van der Waals surface area contributed by atoms with Gasteiger partial charge in [-0.2, -0.15) is 0 Å². The summed E-state index contributed by atoms with van der Waals surface area (Å²) in [5.74, 6) is -0.0332. The number of pyridine rings is 1. The molecule has 0 saturated carbocycles. The second-order valence-corrected chi connectivity index (χ2v) is 6.93. The first-order chi connectivity index (χ1) is 14.0. The van der Waals surface area contributed by atoms with Gasteiger partial charge in [0.15, 0.2) is 0 Å². The Bertz CT molecular complexity index is 998. The highest BCUT2D eigenvalue weighted by atomic mass is 16.2. The van der Waals surface area contributed by atoms with Crippen LogP contribution in [0.3, 0.4) is 0 Å². The van der Waals surface area contributed by atoms with Crippen molar-refractivity contribution in [1.29, 1.82) is 0 Å². The zero-order chi connectivity index (χ0) is 20.8. The highest BCUT2D eigenvalue weighted by Gasteiger charge is 2.12. The molecule has 1 heterocycles. The average molecular weight is 387 g/mol. The predicted octanol–water partition coefficient (Wildman–Crippen LogP) is 4.36. The van der Waals surface area contributed by atoms with Crippen LogP contribution in [-0.4, -0.2) is 23.8 Å². The number of hydrogen-bond donors (Lipinski definition) is 1. The van der Waals surface area contributed by atoms with Gasteiger partial charge in [0.05, 0.1) is 0 Å². The number of amides is 2. The third-order valence-corrected chi connectivity index (χ3v) is 4.89. The molecular formula is C24H25N3O2. The van der Waals surface area contributed by atoms with Crippen molar-refractivity contribution < 1.29 is 9.59 Å². The van der Waals surface area contributed by atoms with Crippen LogP contribution in [0.25, 0.3) is 11.1 Å². The number of aromatic nitrogens is 1. The summed E-state index contributed by atoms with van der Waals surface area (Å²) in [5, 5.41) is 2.90. The molecule has 0 radical (unpaired) electrons. The lowest BCUT2D eigenvalue weighted by molar-refractivity contribution is -0.118. The Morgan fingerprint density at radius 2 is 1.76 bits per heavy atom. The number of nitrogens with zero attached hydrogens (tertiary/aromatic N) is 2. The van der Waals surface area contributed by atoms with Crippen LogP contribution >= 0.6 is 0 Å². The Kier molecular flexibility index (Phi) is 6.39. The highest BCUT2D eigenvalue weighted by Crippen LogP contribution is 2.27. The van der Waals surface area contributed by atoms with E-state index in [1.54, 1.807) is 24.3 Å². The number of carbonyl (C=O) groups is 2. The van der Waals surface area contributed by atoms with Crippen molar-refractivity contribution in [3.05, 3.63) is 83.7 Å². The van der Waals surface area contributed by atoms with E-state index in [2.05, 4.69) is 16.4 Å². The van der Waals surface area contributed by atoms with E-state index in [-0.39, 0.29) is 11.8 Å². The Hall–Kier alpha value is -3.47. The maximum atomic E-state index is 12.4. The van der Waals surface area contributed by atoms with Crippen molar-refractivity contribution in [1.82, 2.24) is 10.3 Å². The normalized spacial score (nSPS) is 10.4. The van der Waals surface area contributed by atoms with E-state index in [9.17, 15) is 9.59 Å². The number of hydrogen-bond acceptors (Lipinski definition) is 3. The highest BCUT2D eigenvalue weighted by molar-refractivity contribution is 5.95. The van der Waals surface area contributed by atoms with Gasteiger partial charge in [-0.1, -0.05) is 31.2 Å². The molecule has 0 aliphatic rings. The Balaban J connectivity index is 1.70. The fourth-order valence-electron chi connectivity index (χ4n) is 3.18. The maximum absolute atomic E-state index is 12.4. The second-order valence-electron chi connectivity index (χ2n) is 6.93. The van der Waals surface area contributed by atoms with Gasteiger partial charge in [-0.05, 0) is 59.5 Å². The Labute approximate surface area is 171 Å². The molecule has 0 spiro atoms. The zero-order valence-electron chi connectivity index (χ0n) is 17.0. The number of aryl methyl sites for hydroxylation is 1. The summed E-state index contributed by atoms with van der Waals surface area (Å²) in [6.07, 6.45) is 3.92. The summed E-state index contributed by atoms with van der Waals surface area (Å²) in [6.45, 7) is 4.30. The van der Waals surface area contributed by atoms with Crippen molar-refractivity contribution in [2.75, 3.05) is 11.9 Å². The predicted molar refractivity (Wildman–Crippen MR) is 116 cm³/mol. The molecule has 1 N–H and O–H groups in total. The molecule has 29 heavy (non-hydrogen) atoms. The second kappa shape index (κ2) is 9.15. The molecule has 5 nitrogen and oxygen atoms in total. The van der Waals surface area contributed by atoms with Gasteiger partial charge < -0.3 is 10.2 Å². The van der Waals surface area contributed by atoms with E-state index in [0.717, 1.165) is 27.9 Å². The molecule has 0 bridgehead atoms. The van der Waals surface area contributed by atoms with Crippen LogP contribution in [0, 0.1) is 6.92 Å².